The molecule has 0 spiro atoms. The first-order valence-electron chi connectivity index (χ1n) is 8.06. The van der Waals surface area contributed by atoms with Gasteiger partial charge in [-0.3, -0.25) is 9.79 Å². The Labute approximate surface area is 148 Å². The molecular weight excluding hydrogens is 330 g/mol. The molecule has 2 heterocycles. The number of ketones is 1. The van der Waals surface area contributed by atoms with Gasteiger partial charge in [0.05, 0.1) is 22.9 Å². The standard InChI is InChI=1S/C20H15N3O3/c1-12(24)13-3-2-4-14(9-13)19-8-6-16(26-19)11-21-15-5-7-17-18(10-15)23-20(25)22-17/h2-11H,1H3,(H2,22,23,25). The van der Waals surface area contributed by atoms with Crippen molar-refractivity contribution in [3.05, 3.63) is 76.4 Å². The summed E-state index contributed by atoms with van der Waals surface area (Å²) in [4.78, 5) is 32.6. The third-order valence-electron chi connectivity index (χ3n) is 4.02. The Bertz CT molecular complexity index is 1190. The number of aromatic amines is 2. The molecule has 0 aliphatic heterocycles. The molecule has 4 rings (SSSR count). The molecule has 2 N–H and O–H groups in total. The van der Waals surface area contributed by atoms with Crippen molar-refractivity contribution in [2.45, 2.75) is 6.92 Å². The number of carbonyl (C=O) groups excluding carboxylic acids is 1. The third-order valence-corrected chi connectivity index (χ3v) is 4.02. The van der Waals surface area contributed by atoms with Crippen molar-refractivity contribution in [1.29, 1.82) is 0 Å². The summed E-state index contributed by atoms with van der Waals surface area (Å²) in [5.41, 5.74) is 3.37. The predicted octanol–water partition coefficient (Wildman–Crippen LogP) is 4.07. The van der Waals surface area contributed by atoms with E-state index in [1.54, 1.807) is 30.5 Å². The number of furan rings is 1. The zero-order valence-corrected chi connectivity index (χ0v) is 13.9. The van der Waals surface area contributed by atoms with Crippen LogP contribution in [0, 0.1) is 0 Å². The Morgan fingerprint density at radius 1 is 1.04 bits per heavy atom. The first kappa shape index (κ1) is 15.8. The number of rotatable bonds is 4. The van der Waals surface area contributed by atoms with Crippen molar-refractivity contribution in [2.24, 2.45) is 4.99 Å². The summed E-state index contributed by atoms with van der Waals surface area (Å²) in [5, 5.41) is 0. The number of hydrogen-bond acceptors (Lipinski definition) is 4. The van der Waals surface area contributed by atoms with Crippen LogP contribution in [-0.4, -0.2) is 22.0 Å². The predicted molar refractivity (Wildman–Crippen MR) is 100 cm³/mol. The van der Waals surface area contributed by atoms with E-state index in [9.17, 15) is 9.59 Å². The van der Waals surface area contributed by atoms with Crippen LogP contribution in [0.2, 0.25) is 0 Å². The van der Waals surface area contributed by atoms with Crippen molar-refractivity contribution in [3.63, 3.8) is 0 Å². The molecule has 0 atom stereocenters. The minimum atomic E-state index is -0.246. The lowest BCUT2D eigenvalue weighted by molar-refractivity contribution is 0.101. The van der Waals surface area contributed by atoms with Crippen LogP contribution in [0.1, 0.15) is 23.0 Å². The molecule has 6 nitrogen and oxygen atoms in total. The van der Waals surface area contributed by atoms with E-state index in [-0.39, 0.29) is 11.5 Å². The van der Waals surface area contributed by atoms with Crippen LogP contribution in [0.4, 0.5) is 5.69 Å². The molecule has 0 amide bonds. The number of aliphatic imine (C=N–C) groups is 1. The van der Waals surface area contributed by atoms with E-state index in [4.69, 9.17) is 4.42 Å². The second-order valence-electron chi connectivity index (χ2n) is 5.91. The lowest BCUT2D eigenvalue weighted by Gasteiger charge is -1.99. The first-order valence-corrected chi connectivity index (χ1v) is 8.06. The van der Waals surface area contributed by atoms with E-state index >= 15 is 0 Å². The first-order chi connectivity index (χ1) is 12.6. The Morgan fingerprint density at radius 3 is 2.73 bits per heavy atom. The Hall–Kier alpha value is -3.67. The van der Waals surface area contributed by atoms with Crippen molar-refractivity contribution in [3.8, 4) is 11.3 Å². The molecule has 0 aliphatic carbocycles. The molecule has 26 heavy (non-hydrogen) atoms. The van der Waals surface area contributed by atoms with E-state index in [0.717, 1.165) is 11.1 Å². The van der Waals surface area contributed by atoms with Crippen LogP contribution in [0.15, 0.2) is 68.8 Å². The molecule has 2 aromatic heterocycles. The number of imidazole rings is 1. The maximum atomic E-state index is 11.5. The molecule has 0 saturated carbocycles. The van der Waals surface area contributed by atoms with E-state index < -0.39 is 0 Å². The van der Waals surface area contributed by atoms with Crippen LogP contribution >= 0.6 is 0 Å². The monoisotopic (exact) mass is 345 g/mol. The van der Waals surface area contributed by atoms with Gasteiger partial charge in [-0.15, -0.1) is 0 Å². The van der Waals surface area contributed by atoms with Crippen molar-refractivity contribution < 1.29 is 9.21 Å². The topological polar surface area (TPSA) is 91.2 Å². The molecular formula is C20H15N3O3. The van der Waals surface area contributed by atoms with E-state index in [1.807, 2.05) is 30.3 Å². The highest BCUT2D eigenvalue weighted by molar-refractivity contribution is 5.95. The molecule has 4 aromatic rings. The molecule has 0 radical (unpaired) electrons. The number of nitrogens with zero attached hydrogens (tertiary/aromatic N) is 1. The number of nitrogens with one attached hydrogen (secondary N) is 2. The maximum Gasteiger partial charge on any atom is 0.323 e. The van der Waals surface area contributed by atoms with Gasteiger partial charge in [-0.2, -0.15) is 0 Å². The summed E-state index contributed by atoms with van der Waals surface area (Å²) in [6.45, 7) is 1.54. The van der Waals surface area contributed by atoms with Crippen LogP contribution in [0.5, 0.6) is 0 Å². The van der Waals surface area contributed by atoms with Crippen molar-refractivity contribution in [2.75, 3.05) is 0 Å². The molecule has 0 bridgehead atoms. The highest BCUT2D eigenvalue weighted by Crippen LogP contribution is 2.23. The number of benzene rings is 2. The van der Waals surface area contributed by atoms with E-state index in [1.165, 1.54) is 6.92 Å². The van der Waals surface area contributed by atoms with Gasteiger partial charge in [0.2, 0.25) is 0 Å². The van der Waals surface area contributed by atoms with Gasteiger partial charge >= 0.3 is 5.69 Å². The largest absolute Gasteiger partial charge is 0.455 e. The fourth-order valence-electron chi connectivity index (χ4n) is 2.71. The minimum absolute atomic E-state index is 0.0124. The van der Waals surface area contributed by atoms with Gasteiger partial charge < -0.3 is 14.4 Å². The van der Waals surface area contributed by atoms with E-state index in [0.29, 0.717) is 28.3 Å². The molecule has 6 heteroatoms. The number of Topliss-reactive ketones (excluding diaryl/α,β-unsaturated/α-hetero) is 1. The summed E-state index contributed by atoms with van der Waals surface area (Å²) in [6.07, 6.45) is 1.62. The molecule has 128 valence electrons. The molecule has 2 aromatic carbocycles. The fraction of sp³-hybridized carbons (Fsp3) is 0.0500. The van der Waals surface area contributed by atoms with Gasteiger partial charge in [-0.25, -0.2) is 4.79 Å². The van der Waals surface area contributed by atoms with Crippen LogP contribution < -0.4 is 5.69 Å². The SMILES string of the molecule is CC(=O)c1cccc(-c2ccc(C=Nc3ccc4[nH]c(=O)[nH]c4c3)o2)c1. The summed E-state index contributed by atoms with van der Waals surface area (Å²) in [6, 6.07) is 16.3. The highest BCUT2D eigenvalue weighted by Gasteiger charge is 2.06. The van der Waals surface area contributed by atoms with Gasteiger partial charge in [-0.1, -0.05) is 18.2 Å². The van der Waals surface area contributed by atoms with Crippen LogP contribution in [0.25, 0.3) is 22.4 Å². The smallest absolute Gasteiger partial charge is 0.323 e. The van der Waals surface area contributed by atoms with Crippen molar-refractivity contribution >= 4 is 28.7 Å². The zero-order valence-electron chi connectivity index (χ0n) is 13.9. The van der Waals surface area contributed by atoms with Gasteiger partial charge in [0.1, 0.15) is 11.5 Å². The lowest BCUT2D eigenvalue weighted by atomic mass is 10.1. The number of carbonyl (C=O) groups is 1. The third kappa shape index (κ3) is 3.12. The Balaban J connectivity index is 1.59. The lowest BCUT2D eigenvalue weighted by Crippen LogP contribution is -1.99. The number of aromatic nitrogens is 2. The second-order valence-corrected chi connectivity index (χ2v) is 5.91. The fourth-order valence-corrected chi connectivity index (χ4v) is 2.71. The minimum Gasteiger partial charge on any atom is -0.455 e. The Morgan fingerprint density at radius 2 is 1.88 bits per heavy atom. The van der Waals surface area contributed by atoms with E-state index in [2.05, 4.69) is 15.0 Å². The number of H-pyrrole nitrogens is 2. The quantitative estimate of drug-likeness (QED) is 0.431. The normalized spacial score (nSPS) is 11.4. The van der Waals surface area contributed by atoms with Gasteiger partial charge in [0, 0.05) is 11.1 Å². The van der Waals surface area contributed by atoms with Gasteiger partial charge in [0.15, 0.2) is 5.78 Å². The second kappa shape index (κ2) is 6.33. The number of fused-ring (bicyclic) bond motifs is 1. The van der Waals surface area contributed by atoms with Crippen LogP contribution in [0.3, 0.4) is 0 Å². The van der Waals surface area contributed by atoms with Gasteiger partial charge in [-0.05, 0) is 43.3 Å². The molecule has 0 aliphatic rings. The van der Waals surface area contributed by atoms with Crippen LogP contribution in [-0.2, 0) is 0 Å². The average Bonchev–Trinajstić information content (AvgIpc) is 3.25. The molecule has 0 fully saturated rings. The summed E-state index contributed by atoms with van der Waals surface area (Å²) < 4.78 is 5.79. The highest BCUT2D eigenvalue weighted by atomic mass is 16.3. The zero-order chi connectivity index (χ0) is 18.1. The summed E-state index contributed by atoms with van der Waals surface area (Å²) in [7, 11) is 0. The molecule has 0 unspecified atom stereocenters. The van der Waals surface area contributed by atoms with Crippen molar-refractivity contribution in [1.82, 2.24) is 9.97 Å². The average molecular weight is 345 g/mol. The summed E-state index contributed by atoms with van der Waals surface area (Å²) >= 11 is 0. The number of hydrogen-bond donors (Lipinski definition) is 2. The molecule has 0 saturated heterocycles. The maximum absolute atomic E-state index is 11.5. The Kier molecular flexibility index (Phi) is 3.85. The van der Waals surface area contributed by atoms with Gasteiger partial charge in [0.25, 0.3) is 0 Å². The summed E-state index contributed by atoms with van der Waals surface area (Å²) in [5.74, 6) is 1.27.